The SMILES string of the molecule is Cc1cc(C(=O)Nc2ncc(I)cc2C)no1. The lowest BCUT2D eigenvalue weighted by molar-refractivity contribution is 0.101. The van der Waals surface area contributed by atoms with E-state index in [-0.39, 0.29) is 11.6 Å². The third-order valence-electron chi connectivity index (χ3n) is 2.14. The van der Waals surface area contributed by atoms with Gasteiger partial charge in [0.15, 0.2) is 5.69 Å². The summed E-state index contributed by atoms with van der Waals surface area (Å²) < 4.78 is 5.86. The number of carbonyl (C=O) groups is 1. The van der Waals surface area contributed by atoms with Crippen molar-refractivity contribution in [3.8, 4) is 0 Å². The van der Waals surface area contributed by atoms with Crippen molar-refractivity contribution in [2.24, 2.45) is 0 Å². The van der Waals surface area contributed by atoms with Crippen LogP contribution in [0.4, 0.5) is 5.82 Å². The summed E-state index contributed by atoms with van der Waals surface area (Å²) in [6.07, 6.45) is 1.69. The first-order valence-corrected chi connectivity index (χ1v) is 6.01. The minimum atomic E-state index is -0.321. The molecule has 17 heavy (non-hydrogen) atoms. The Kier molecular flexibility index (Phi) is 3.41. The number of hydrogen-bond acceptors (Lipinski definition) is 4. The Bertz CT molecular complexity index is 566. The van der Waals surface area contributed by atoms with Crippen molar-refractivity contribution in [3.63, 3.8) is 0 Å². The van der Waals surface area contributed by atoms with Crippen molar-refractivity contribution >= 4 is 34.3 Å². The number of rotatable bonds is 2. The lowest BCUT2D eigenvalue weighted by atomic mass is 10.3. The van der Waals surface area contributed by atoms with Crippen LogP contribution >= 0.6 is 22.6 Å². The van der Waals surface area contributed by atoms with Gasteiger partial charge in [0.2, 0.25) is 0 Å². The number of aryl methyl sites for hydroxylation is 2. The van der Waals surface area contributed by atoms with E-state index in [2.05, 4.69) is 38.0 Å². The molecule has 0 spiro atoms. The van der Waals surface area contributed by atoms with Crippen molar-refractivity contribution in [1.29, 1.82) is 0 Å². The first-order chi connectivity index (χ1) is 8.06. The number of anilines is 1. The van der Waals surface area contributed by atoms with Crippen LogP contribution in [0.1, 0.15) is 21.8 Å². The molecule has 0 saturated carbocycles. The van der Waals surface area contributed by atoms with Crippen LogP contribution in [-0.2, 0) is 0 Å². The average Bonchev–Trinajstić information content (AvgIpc) is 2.69. The summed E-state index contributed by atoms with van der Waals surface area (Å²) in [5.41, 5.74) is 1.16. The topological polar surface area (TPSA) is 68.0 Å². The van der Waals surface area contributed by atoms with Crippen molar-refractivity contribution in [3.05, 3.63) is 38.9 Å². The van der Waals surface area contributed by atoms with Gasteiger partial charge in [-0.05, 0) is 48.1 Å². The van der Waals surface area contributed by atoms with E-state index >= 15 is 0 Å². The molecule has 1 amide bonds. The first-order valence-electron chi connectivity index (χ1n) is 4.93. The minimum Gasteiger partial charge on any atom is -0.361 e. The molecule has 0 bridgehead atoms. The number of halogens is 1. The first kappa shape index (κ1) is 12.0. The molecule has 2 heterocycles. The van der Waals surface area contributed by atoms with Crippen LogP contribution in [0.25, 0.3) is 0 Å². The van der Waals surface area contributed by atoms with Crippen molar-refractivity contribution < 1.29 is 9.32 Å². The minimum absolute atomic E-state index is 0.252. The zero-order chi connectivity index (χ0) is 12.4. The largest absolute Gasteiger partial charge is 0.361 e. The van der Waals surface area contributed by atoms with E-state index in [4.69, 9.17) is 4.52 Å². The molecule has 2 aromatic rings. The fraction of sp³-hybridized carbons (Fsp3) is 0.182. The van der Waals surface area contributed by atoms with Crippen LogP contribution in [0.15, 0.2) is 22.9 Å². The second-order valence-electron chi connectivity index (χ2n) is 3.60. The van der Waals surface area contributed by atoms with Gasteiger partial charge in [-0.25, -0.2) is 4.98 Å². The van der Waals surface area contributed by atoms with Crippen molar-refractivity contribution in [2.45, 2.75) is 13.8 Å². The van der Waals surface area contributed by atoms with Gasteiger partial charge in [0.25, 0.3) is 5.91 Å². The Hall–Kier alpha value is -1.44. The molecule has 2 rings (SSSR count). The number of carbonyl (C=O) groups excluding carboxylic acids is 1. The van der Waals surface area contributed by atoms with Gasteiger partial charge in [0.1, 0.15) is 11.6 Å². The molecule has 0 aromatic carbocycles. The normalized spacial score (nSPS) is 10.3. The molecule has 0 fully saturated rings. The summed E-state index contributed by atoms with van der Waals surface area (Å²) in [5, 5.41) is 6.33. The molecule has 0 aliphatic carbocycles. The average molecular weight is 343 g/mol. The fourth-order valence-corrected chi connectivity index (χ4v) is 1.92. The molecule has 88 valence electrons. The van der Waals surface area contributed by atoms with E-state index in [1.165, 1.54) is 0 Å². The number of aromatic nitrogens is 2. The molecule has 0 unspecified atom stereocenters. The summed E-state index contributed by atoms with van der Waals surface area (Å²) in [4.78, 5) is 15.9. The Morgan fingerprint density at radius 2 is 2.18 bits per heavy atom. The maximum absolute atomic E-state index is 11.8. The summed E-state index contributed by atoms with van der Waals surface area (Å²) in [6, 6.07) is 3.52. The fourth-order valence-electron chi connectivity index (χ4n) is 1.32. The maximum atomic E-state index is 11.8. The third kappa shape index (κ3) is 2.82. The van der Waals surface area contributed by atoms with Gasteiger partial charge in [-0.2, -0.15) is 0 Å². The van der Waals surface area contributed by atoms with Crippen molar-refractivity contribution in [2.75, 3.05) is 5.32 Å². The second kappa shape index (κ2) is 4.82. The van der Waals surface area contributed by atoms with Gasteiger partial charge in [-0.3, -0.25) is 4.79 Å². The van der Waals surface area contributed by atoms with Crippen LogP contribution in [-0.4, -0.2) is 16.0 Å². The highest BCUT2D eigenvalue weighted by atomic mass is 127. The molecule has 0 atom stereocenters. The third-order valence-corrected chi connectivity index (χ3v) is 2.73. The quantitative estimate of drug-likeness (QED) is 0.851. The molecule has 0 aliphatic rings. The lowest BCUT2D eigenvalue weighted by Crippen LogP contribution is -2.14. The summed E-state index contributed by atoms with van der Waals surface area (Å²) in [7, 11) is 0. The van der Waals surface area contributed by atoms with Crippen LogP contribution in [0.5, 0.6) is 0 Å². The maximum Gasteiger partial charge on any atom is 0.279 e. The Morgan fingerprint density at radius 3 is 2.76 bits per heavy atom. The van der Waals surface area contributed by atoms with E-state index in [1.54, 1.807) is 19.2 Å². The van der Waals surface area contributed by atoms with Crippen LogP contribution in [0.2, 0.25) is 0 Å². The number of amides is 1. The molecular weight excluding hydrogens is 333 g/mol. The molecule has 6 heteroatoms. The van der Waals surface area contributed by atoms with E-state index < -0.39 is 0 Å². The van der Waals surface area contributed by atoms with E-state index in [0.29, 0.717) is 11.6 Å². The standard InChI is InChI=1S/C11H10IN3O2/c1-6-3-8(12)5-13-10(6)14-11(16)9-4-7(2)17-15-9/h3-5H,1-2H3,(H,13,14,16). The molecule has 5 nitrogen and oxygen atoms in total. The number of nitrogens with zero attached hydrogens (tertiary/aromatic N) is 2. The highest BCUT2D eigenvalue weighted by Crippen LogP contribution is 2.15. The summed E-state index contributed by atoms with van der Waals surface area (Å²) >= 11 is 2.17. The van der Waals surface area contributed by atoms with E-state index in [9.17, 15) is 4.79 Å². The lowest BCUT2D eigenvalue weighted by Gasteiger charge is -2.05. The Labute approximate surface area is 112 Å². The van der Waals surface area contributed by atoms with Gasteiger partial charge in [0, 0.05) is 15.8 Å². The van der Waals surface area contributed by atoms with Crippen molar-refractivity contribution in [1.82, 2.24) is 10.1 Å². The predicted octanol–water partition coefficient (Wildman–Crippen LogP) is 2.54. The van der Waals surface area contributed by atoms with Gasteiger partial charge < -0.3 is 9.84 Å². The van der Waals surface area contributed by atoms with Gasteiger partial charge >= 0.3 is 0 Å². The zero-order valence-electron chi connectivity index (χ0n) is 9.32. The molecule has 2 aromatic heterocycles. The number of hydrogen-bond donors (Lipinski definition) is 1. The number of nitrogens with one attached hydrogen (secondary N) is 1. The predicted molar refractivity (Wildman–Crippen MR) is 70.9 cm³/mol. The Morgan fingerprint density at radius 1 is 1.41 bits per heavy atom. The van der Waals surface area contributed by atoms with Gasteiger partial charge in [-0.1, -0.05) is 5.16 Å². The van der Waals surface area contributed by atoms with Gasteiger partial charge in [-0.15, -0.1) is 0 Å². The molecule has 0 radical (unpaired) electrons. The van der Waals surface area contributed by atoms with Crippen LogP contribution in [0, 0.1) is 17.4 Å². The van der Waals surface area contributed by atoms with Gasteiger partial charge in [0.05, 0.1) is 0 Å². The summed E-state index contributed by atoms with van der Waals surface area (Å²) in [6.45, 7) is 3.62. The van der Waals surface area contributed by atoms with E-state index in [0.717, 1.165) is 9.13 Å². The Balaban J connectivity index is 2.18. The van der Waals surface area contributed by atoms with Crippen LogP contribution < -0.4 is 5.32 Å². The highest BCUT2D eigenvalue weighted by Gasteiger charge is 2.12. The molecule has 0 saturated heterocycles. The molecule has 0 aliphatic heterocycles. The van der Waals surface area contributed by atoms with Crippen LogP contribution in [0.3, 0.4) is 0 Å². The zero-order valence-corrected chi connectivity index (χ0v) is 11.5. The molecule has 1 N–H and O–H groups in total. The van der Waals surface area contributed by atoms with E-state index in [1.807, 2.05) is 13.0 Å². The monoisotopic (exact) mass is 343 g/mol. The summed E-state index contributed by atoms with van der Waals surface area (Å²) in [5.74, 6) is 0.817. The number of pyridine rings is 1. The smallest absolute Gasteiger partial charge is 0.279 e. The molecular formula is C11H10IN3O2. The second-order valence-corrected chi connectivity index (χ2v) is 4.84. The highest BCUT2D eigenvalue weighted by molar-refractivity contribution is 14.1.